The van der Waals surface area contributed by atoms with Crippen molar-refractivity contribution in [1.82, 2.24) is 9.88 Å². The van der Waals surface area contributed by atoms with Gasteiger partial charge in [-0.05, 0) is 32.5 Å². The van der Waals surface area contributed by atoms with Crippen LogP contribution in [0, 0.1) is 0 Å². The summed E-state index contributed by atoms with van der Waals surface area (Å²) in [7, 11) is 0. The van der Waals surface area contributed by atoms with Crippen LogP contribution >= 0.6 is 0 Å². The highest BCUT2D eigenvalue weighted by molar-refractivity contribution is 5.48. The first kappa shape index (κ1) is 14.3. The van der Waals surface area contributed by atoms with E-state index in [-0.39, 0.29) is 0 Å². The normalized spacial score (nSPS) is 21.1. The quantitative estimate of drug-likeness (QED) is 0.882. The van der Waals surface area contributed by atoms with Crippen molar-refractivity contribution in [1.29, 1.82) is 0 Å². The summed E-state index contributed by atoms with van der Waals surface area (Å²) in [4.78, 5) is 9.29. The van der Waals surface area contributed by atoms with E-state index in [1.54, 1.807) is 6.92 Å². The molecule has 106 valence electrons. The predicted octanol–water partition coefficient (Wildman–Crippen LogP) is 2.06. The molecule has 4 nitrogen and oxygen atoms in total. The van der Waals surface area contributed by atoms with Gasteiger partial charge >= 0.3 is 0 Å². The molecule has 1 unspecified atom stereocenters. The first-order valence-corrected chi connectivity index (χ1v) is 7.29. The van der Waals surface area contributed by atoms with Gasteiger partial charge in [0.1, 0.15) is 5.82 Å². The number of hydrogen-bond donors (Lipinski definition) is 1. The predicted molar refractivity (Wildman–Crippen MR) is 78.4 cm³/mol. The third kappa shape index (κ3) is 3.07. The zero-order valence-electron chi connectivity index (χ0n) is 12.2. The van der Waals surface area contributed by atoms with Crippen molar-refractivity contribution in [2.45, 2.75) is 39.3 Å². The van der Waals surface area contributed by atoms with Crippen molar-refractivity contribution in [2.24, 2.45) is 0 Å². The first-order chi connectivity index (χ1) is 9.17. The number of likely N-dealkylation sites (N-methyl/N-ethyl adjacent to an activating group) is 1. The Morgan fingerprint density at radius 3 is 2.84 bits per heavy atom. The van der Waals surface area contributed by atoms with Crippen molar-refractivity contribution >= 4 is 5.82 Å². The summed E-state index contributed by atoms with van der Waals surface area (Å²) in [5.41, 5.74) is 0.933. The number of rotatable bonds is 5. The fourth-order valence-electron chi connectivity index (χ4n) is 2.97. The Hall–Kier alpha value is -1.13. The summed E-state index contributed by atoms with van der Waals surface area (Å²) < 4.78 is 0. The van der Waals surface area contributed by atoms with E-state index >= 15 is 0 Å². The van der Waals surface area contributed by atoms with Crippen molar-refractivity contribution in [3.8, 4) is 0 Å². The summed E-state index contributed by atoms with van der Waals surface area (Å²) in [6.45, 7) is 10.5. The average Bonchev–Trinajstić information content (AvgIpc) is 2.89. The molecule has 1 fully saturated rings. The molecule has 1 N–H and O–H groups in total. The monoisotopic (exact) mass is 263 g/mol. The van der Waals surface area contributed by atoms with E-state index in [2.05, 4.69) is 28.6 Å². The topological polar surface area (TPSA) is 39.6 Å². The van der Waals surface area contributed by atoms with Gasteiger partial charge in [0.2, 0.25) is 0 Å². The van der Waals surface area contributed by atoms with Gasteiger partial charge in [-0.25, -0.2) is 4.98 Å². The Kier molecular flexibility index (Phi) is 4.77. The van der Waals surface area contributed by atoms with Crippen LogP contribution in [-0.2, 0) is 0 Å². The maximum absolute atomic E-state index is 9.86. The highest BCUT2D eigenvalue weighted by Crippen LogP contribution is 2.27. The zero-order chi connectivity index (χ0) is 13.8. The molecule has 1 aromatic rings. The highest BCUT2D eigenvalue weighted by atomic mass is 16.3. The van der Waals surface area contributed by atoms with E-state index in [1.165, 1.54) is 6.42 Å². The summed E-state index contributed by atoms with van der Waals surface area (Å²) >= 11 is 0. The van der Waals surface area contributed by atoms with Crippen LogP contribution in [0.25, 0.3) is 0 Å². The number of anilines is 1. The summed E-state index contributed by atoms with van der Waals surface area (Å²) in [6, 6.07) is 4.47. The third-order valence-electron chi connectivity index (χ3n) is 4.06. The maximum atomic E-state index is 9.86. The van der Waals surface area contributed by atoms with E-state index < -0.39 is 6.10 Å². The molecule has 0 spiro atoms. The lowest BCUT2D eigenvalue weighted by atomic mass is 10.1. The largest absolute Gasteiger partial charge is 0.389 e. The Balaban J connectivity index is 2.13. The molecule has 4 heteroatoms. The molecule has 0 radical (unpaired) electrons. The molecule has 2 atom stereocenters. The minimum atomic E-state index is -0.462. The summed E-state index contributed by atoms with van der Waals surface area (Å²) in [6.07, 6.45) is 2.53. The van der Waals surface area contributed by atoms with Gasteiger partial charge in [0.25, 0.3) is 0 Å². The Morgan fingerprint density at radius 1 is 1.47 bits per heavy atom. The molecule has 0 aliphatic carbocycles. The molecule has 2 heterocycles. The van der Waals surface area contributed by atoms with Gasteiger partial charge in [0, 0.05) is 30.9 Å². The maximum Gasteiger partial charge on any atom is 0.134 e. The minimum Gasteiger partial charge on any atom is -0.389 e. The van der Waals surface area contributed by atoms with Gasteiger partial charge in [-0.2, -0.15) is 0 Å². The van der Waals surface area contributed by atoms with Crippen LogP contribution in [0.2, 0.25) is 0 Å². The van der Waals surface area contributed by atoms with Crippen LogP contribution in [0.1, 0.15) is 38.9 Å². The van der Waals surface area contributed by atoms with Crippen LogP contribution < -0.4 is 4.90 Å². The number of pyridine rings is 1. The molecule has 0 amide bonds. The van der Waals surface area contributed by atoms with Gasteiger partial charge in [-0.15, -0.1) is 0 Å². The molecule has 1 aromatic heterocycles. The number of nitrogens with zero attached hydrogens (tertiary/aromatic N) is 3. The molecule has 0 bridgehead atoms. The molecule has 0 aromatic carbocycles. The Labute approximate surface area is 116 Å². The third-order valence-corrected chi connectivity index (χ3v) is 4.06. The average molecular weight is 263 g/mol. The second kappa shape index (κ2) is 6.35. The second-order valence-electron chi connectivity index (χ2n) is 5.20. The highest BCUT2D eigenvalue weighted by Gasteiger charge is 2.28. The standard InChI is InChI=1S/C15H25N3O/c1-4-17(5-2)13-8-10-18(11-13)15-14(12(3)19)7-6-9-16-15/h6-7,9,12-13,19H,4-5,8,10-11H2,1-3H3/t12-,13?/m1/s1. The van der Waals surface area contributed by atoms with Crippen molar-refractivity contribution in [3.05, 3.63) is 23.9 Å². The lowest BCUT2D eigenvalue weighted by Gasteiger charge is -2.27. The van der Waals surface area contributed by atoms with E-state index in [0.717, 1.165) is 37.6 Å². The fraction of sp³-hybridized carbons (Fsp3) is 0.667. The van der Waals surface area contributed by atoms with Crippen molar-refractivity contribution in [2.75, 3.05) is 31.1 Å². The Bertz CT molecular complexity index is 404. The number of aliphatic hydroxyl groups excluding tert-OH is 1. The lowest BCUT2D eigenvalue weighted by Crippen LogP contribution is -2.37. The fourth-order valence-corrected chi connectivity index (χ4v) is 2.97. The van der Waals surface area contributed by atoms with Crippen LogP contribution in [0.3, 0.4) is 0 Å². The molecule has 1 aliphatic rings. The van der Waals surface area contributed by atoms with Crippen LogP contribution in [0.4, 0.5) is 5.82 Å². The molecule has 1 saturated heterocycles. The van der Waals surface area contributed by atoms with Gasteiger partial charge < -0.3 is 10.0 Å². The molecule has 19 heavy (non-hydrogen) atoms. The number of aliphatic hydroxyl groups is 1. The van der Waals surface area contributed by atoms with E-state index in [0.29, 0.717) is 6.04 Å². The number of hydrogen-bond acceptors (Lipinski definition) is 4. The van der Waals surface area contributed by atoms with Crippen LogP contribution in [0.15, 0.2) is 18.3 Å². The van der Waals surface area contributed by atoms with Crippen molar-refractivity contribution in [3.63, 3.8) is 0 Å². The number of aromatic nitrogens is 1. The van der Waals surface area contributed by atoms with E-state index in [4.69, 9.17) is 0 Å². The smallest absolute Gasteiger partial charge is 0.134 e. The second-order valence-corrected chi connectivity index (χ2v) is 5.20. The van der Waals surface area contributed by atoms with Crippen molar-refractivity contribution < 1.29 is 5.11 Å². The summed E-state index contributed by atoms with van der Waals surface area (Å²) in [5, 5.41) is 9.86. The molecule has 0 saturated carbocycles. The molecular weight excluding hydrogens is 238 g/mol. The Morgan fingerprint density at radius 2 is 2.21 bits per heavy atom. The minimum absolute atomic E-state index is 0.462. The van der Waals surface area contributed by atoms with Crippen LogP contribution in [-0.4, -0.2) is 47.2 Å². The van der Waals surface area contributed by atoms with E-state index in [1.807, 2.05) is 18.3 Å². The van der Waals surface area contributed by atoms with Gasteiger partial charge in [-0.1, -0.05) is 19.9 Å². The van der Waals surface area contributed by atoms with Gasteiger partial charge in [0.05, 0.1) is 6.10 Å². The van der Waals surface area contributed by atoms with Crippen LogP contribution in [0.5, 0.6) is 0 Å². The van der Waals surface area contributed by atoms with Gasteiger partial charge in [-0.3, -0.25) is 4.90 Å². The van der Waals surface area contributed by atoms with E-state index in [9.17, 15) is 5.11 Å². The first-order valence-electron chi connectivity index (χ1n) is 7.29. The molecule has 1 aliphatic heterocycles. The van der Waals surface area contributed by atoms with Gasteiger partial charge in [0.15, 0.2) is 0 Å². The molecular formula is C15H25N3O. The lowest BCUT2D eigenvalue weighted by molar-refractivity contribution is 0.199. The molecule has 2 rings (SSSR count). The zero-order valence-corrected chi connectivity index (χ0v) is 12.2. The SMILES string of the molecule is CCN(CC)C1CCN(c2ncccc2[C@@H](C)O)C1. The summed E-state index contributed by atoms with van der Waals surface area (Å²) in [5.74, 6) is 0.951.